The molecule has 3 amide bonds. The number of amides is 3. The predicted octanol–water partition coefficient (Wildman–Crippen LogP) is 1.59. The van der Waals surface area contributed by atoms with Crippen LogP contribution in [-0.2, 0) is 29.1 Å². The van der Waals surface area contributed by atoms with Gasteiger partial charge in [0.2, 0.25) is 27.7 Å². The molecule has 4 rings (SSSR count). The maximum atomic E-state index is 13.7. The van der Waals surface area contributed by atoms with Crippen molar-refractivity contribution >= 4 is 50.1 Å². The van der Waals surface area contributed by atoms with Crippen molar-refractivity contribution < 1.29 is 27.5 Å². The van der Waals surface area contributed by atoms with Crippen molar-refractivity contribution in [2.24, 2.45) is 5.73 Å². The van der Waals surface area contributed by atoms with Crippen molar-refractivity contribution in [2.75, 3.05) is 26.3 Å². The van der Waals surface area contributed by atoms with Gasteiger partial charge in [-0.3, -0.25) is 14.4 Å². The van der Waals surface area contributed by atoms with Gasteiger partial charge in [-0.2, -0.15) is 4.31 Å². The first-order valence-electron chi connectivity index (χ1n) is 12.1. The second-order valence-corrected chi connectivity index (χ2v) is 12.0. The molecule has 2 aliphatic rings. The van der Waals surface area contributed by atoms with Crippen molar-refractivity contribution in [1.82, 2.24) is 14.1 Å². The smallest absolute Gasteiger partial charge is 0.245 e. The molecule has 0 radical (unpaired) electrons. The van der Waals surface area contributed by atoms with Crippen LogP contribution in [0.15, 0.2) is 41.3 Å². The van der Waals surface area contributed by atoms with E-state index in [0.717, 1.165) is 9.69 Å². The Balaban J connectivity index is 1.61. The third-order valence-corrected chi connectivity index (χ3v) is 9.08. The van der Waals surface area contributed by atoms with Gasteiger partial charge < -0.3 is 20.3 Å². The molecule has 4 atom stereocenters. The zero-order valence-corrected chi connectivity index (χ0v) is 22.5. The SMILES string of the molecule is CC1COCC(C)N1C(=O)[C@H](C)N1CC[C@@H](N(CC(N)=O)S(=O)(=O)c2ccc3cc(Cl)ccc3c2)C1=O. The van der Waals surface area contributed by atoms with Gasteiger partial charge in [-0.15, -0.1) is 0 Å². The molecule has 2 aromatic rings. The number of nitrogens with two attached hydrogens (primary N) is 1. The zero-order chi connectivity index (χ0) is 27.1. The molecule has 10 nitrogen and oxygen atoms in total. The van der Waals surface area contributed by atoms with E-state index in [0.29, 0.717) is 23.6 Å². The van der Waals surface area contributed by atoms with Crippen molar-refractivity contribution in [3.05, 3.63) is 41.4 Å². The highest BCUT2D eigenvalue weighted by molar-refractivity contribution is 7.89. The third kappa shape index (κ3) is 5.31. The number of halogens is 1. The second kappa shape index (κ2) is 10.6. The van der Waals surface area contributed by atoms with E-state index in [1.54, 1.807) is 36.1 Å². The van der Waals surface area contributed by atoms with Gasteiger partial charge in [0.25, 0.3) is 0 Å². The lowest BCUT2D eigenvalue weighted by molar-refractivity contribution is -0.153. The molecule has 2 saturated heterocycles. The van der Waals surface area contributed by atoms with E-state index >= 15 is 0 Å². The van der Waals surface area contributed by atoms with Crippen molar-refractivity contribution in [3.8, 4) is 0 Å². The average Bonchev–Trinajstić information content (AvgIpc) is 3.21. The molecule has 0 aliphatic carbocycles. The Morgan fingerprint density at radius 2 is 1.76 bits per heavy atom. The molecule has 0 spiro atoms. The van der Waals surface area contributed by atoms with Gasteiger partial charge in [-0.1, -0.05) is 23.7 Å². The van der Waals surface area contributed by atoms with Crippen LogP contribution in [0, 0.1) is 0 Å². The van der Waals surface area contributed by atoms with Gasteiger partial charge in [0, 0.05) is 11.6 Å². The van der Waals surface area contributed by atoms with Crippen LogP contribution in [0.4, 0.5) is 0 Å². The van der Waals surface area contributed by atoms with Crippen molar-refractivity contribution in [1.29, 1.82) is 0 Å². The lowest BCUT2D eigenvalue weighted by Crippen LogP contribution is -2.58. The minimum Gasteiger partial charge on any atom is -0.377 e. The summed E-state index contributed by atoms with van der Waals surface area (Å²) in [5, 5.41) is 1.89. The Labute approximate surface area is 221 Å². The van der Waals surface area contributed by atoms with Crippen LogP contribution in [0.2, 0.25) is 5.02 Å². The monoisotopic (exact) mass is 550 g/mol. The highest BCUT2D eigenvalue weighted by atomic mass is 35.5. The molecular formula is C25H31ClN4O6S. The number of sulfonamides is 1. The molecule has 2 fully saturated rings. The van der Waals surface area contributed by atoms with E-state index in [1.165, 1.54) is 17.0 Å². The molecule has 2 unspecified atom stereocenters. The minimum absolute atomic E-state index is 0.0742. The number of hydrogen-bond acceptors (Lipinski definition) is 6. The highest BCUT2D eigenvalue weighted by Gasteiger charge is 2.46. The first-order chi connectivity index (χ1) is 17.4. The third-order valence-electron chi connectivity index (χ3n) is 7.00. The number of rotatable bonds is 7. The van der Waals surface area contributed by atoms with Crippen molar-refractivity contribution in [3.63, 3.8) is 0 Å². The Morgan fingerprint density at radius 1 is 1.14 bits per heavy atom. The maximum absolute atomic E-state index is 13.7. The van der Waals surface area contributed by atoms with Crippen LogP contribution in [0.3, 0.4) is 0 Å². The zero-order valence-electron chi connectivity index (χ0n) is 21.0. The number of primary amides is 1. The molecule has 0 aromatic heterocycles. The minimum atomic E-state index is -4.28. The molecule has 12 heteroatoms. The van der Waals surface area contributed by atoms with Gasteiger partial charge in [0.15, 0.2) is 0 Å². The molecule has 37 heavy (non-hydrogen) atoms. The van der Waals surface area contributed by atoms with E-state index in [9.17, 15) is 22.8 Å². The summed E-state index contributed by atoms with van der Waals surface area (Å²) in [5.41, 5.74) is 5.40. The summed E-state index contributed by atoms with van der Waals surface area (Å²) >= 11 is 6.03. The maximum Gasteiger partial charge on any atom is 0.245 e. The molecule has 0 saturated carbocycles. The number of nitrogens with zero attached hydrogens (tertiary/aromatic N) is 3. The fraction of sp³-hybridized carbons (Fsp3) is 0.480. The first-order valence-corrected chi connectivity index (χ1v) is 13.9. The first kappa shape index (κ1) is 27.3. The Morgan fingerprint density at radius 3 is 2.41 bits per heavy atom. The summed E-state index contributed by atoms with van der Waals surface area (Å²) < 4.78 is 33.7. The molecule has 2 aromatic carbocycles. The van der Waals surface area contributed by atoms with Crippen LogP contribution in [0.1, 0.15) is 27.2 Å². The number of carbonyl (C=O) groups is 3. The molecule has 200 valence electrons. The van der Waals surface area contributed by atoms with E-state index in [1.807, 2.05) is 13.8 Å². The Kier molecular flexibility index (Phi) is 7.80. The van der Waals surface area contributed by atoms with Crippen LogP contribution < -0.4 is 5.73 Å². The van der Waals surface area contributed by atoms with Crippen LogP contribution >= 0.6 is 11.6 Å². The lowest BCUT2D eigenvalue weighted by Gasteiger charge is -2.41. The van der Waals surface area contributed by atoms with Crippen LogP contribution in [-0.4, -0.2) is 90.7 Å². The normalized spacial score (nSPS) is 23.6. The Bertz CT molecular complexity index is 1330. The van der Waals surface area contributed by atoms with Gasteiger partial charge in [-0.05, 0) is 62.2 Å². The van der Waals surface area contributed by atoms with E-state index < -0.39 is 40.5 Å². The van der Waals surface area contributed by atoms with Crippen LogP contribution in [0.5, 0.6) is 0 Å². The standard InChI is InChI=1S/C25H31ClN4O6S/c1-15-13-36-14-16(2)30(15)24(32)17(3)28-9-8-22(25(28)33)29(12-23(27)31)37(34,35)21-7-5-18-10-20(26)6-4-19(18)11-21/h4-7,10-11,15-17,22H,8-9,12-14H2,1-3H3,(H2,27,31)/t15?,16?,17-,22+/m0/s1. The number of fused-ring (bicyclic) bond motifs is 1. The highest BCUT2D eigenvalue weighted by Crippen LogP contribution is 2.29. The number of hydrogen-bond donors (Lipinski definition) is 1. The quantitative estimate of drug-likeness (QED) is 0.557. The number of benzene rings is 2. The summed E-state index contributed by atoms with van der Waals surface area (Å²) in [4.78, 5) is 41.8. The number of likely N-dealkylation sites (tertiary alicyclic amines) is 1. The largest absolute Gasteiger partial charge is 0.377 e. The van der Waals surface area contributed by atoms with E-state index in [2.05, 4.69) is 0 Å². The summed E-state index contributed by atoms with van der Waals surface area (Å²) in [6, 6.07) is 7.28. The fourth-order valence-electron chi connectivity index (χ4n) is 5.13. The fourth-order valence-corrected chi connectivity index (χ4v) is 6.93. The lowest BCUT2D eigenvalue weighted by atomic mass is 10.1. The summed E-state index contributed by atoms with van der Waals surface area (Å²) in [5.74, 6) is -1.65. The second-order valence-electron chi connectivity index (χ2n) is 9.66. The van der Waals surface area contributed by atoms with Gasteiger partial charge in [0.05, 0.1) is 36.7 Å². The number of carbonyl (C=O) groups excluding carboxylic acids is 3. The van der Waals surface area contributed by atoms with E-state index in [-0.39, 0.29) is 35.9 Å². The van der Waals surface area contributed by atoms with Gasteiger partial charge in [-0.25, -0.2) is 8.42 Å². The Hall–Kier alpha value is -2.73. The number of morpholine rings is 1. The predicted molar refractivity (Wildman–Crippen MR) is 138 cm³/mol. The summed E-state index contributed by atoms with van der Waals surface area (Å²) in [6.07, 6.45) is 0.125. The van der Waals surface area contributed by atoms with E-state index in [4.69, 9.17) is 22.1 Å². The van der Waals surface area contributed by atoms with Gasteiger partial charge >= 0.3 is 0 Å². The molecule has 2 aliphatic heterocycles. The topological polar surface area (TPSA) is 130 Å². The molecule has 2 heterocycles. The number of ether oxygens (including phenoxy) is 1. The molecular weight excluding hydrogens is 520 g/mol. The molecule has 0 bridgehead atoms. The van der Waals surface area contributed by atoms with Crippen molar-refractivity contribution in [2.45, 2.75) is 56.3 Å². The van der Waals surface area contributed by atoms with Gasteiger partial charge in [0.1, 0.15) is 12.1 Å². The average molecular weight is 551 g/mol. The van der Waals surface area contributed by atoms with Crippen LogP contribution in [0.25, 0.3) is 10.8 Å². The summed E-state index contributed by atoms with van der Waals surface area (Å²) in [7, 11) is -4.28. The molecule has 2 N–H and O–H groups in total. The summed E-state index contributed by atoms with van der Waals surface area (Å²) in [6.45, 7) is 5.72.